The van der Waals surface area contributed by atoms with Crippen molar-refractivity contribution in [2.75, 3.05) is 6.61 Å². The Morgan fingerprint density at radius 3 is 2.53 bits per heavy atom. The summed E-state index contributed by atoms with van der Waals surface area (Å²) in [6.45, 7) is 5.94. The molecule has 0 N–H and O–H groups in total. The molecule has 0 fully saturated rings. The van der Waals surface area contributed by atoms with Crippen molar-refractivity contribution in [2.24, 2.45) is 5.92 Å². The Kier molecular flexibility index (Phi) is 6.03. The summed E-state index contributed by atoms with van der Waals surface area (Å²) in [5.41, 5.74) is 4.01. The van der Waals surface area contributed by atoms with Gasteiger partial charge in [0.1, 0.15) is 0 Å². The van der Waals surface area contributed by atoms with E-state index in [1.165, 1.54) is 0 Å². The van der Waals surface area contributed by atoms with Crippen LogP contribution in [0, 0.1) is 12.8 Å². The maximum absolute atomic E-state index is 11.9. The highest BCUT2D eigenvalue weighted by Gasteiger charge is 2.15. The summed E-state index contributed by atoms with van der Waals surface area (Å²) in [5, 5.41) is 0. The van der Waals surface area contributed by atoms with E-state index >= 15 is 0 Å². The van der Waals surface area contributed by atoms with Crippen molar-refractivity contribution in [3.8, 4) is 0 Å². The standard InChI is InChI=1S/C15H20O3S/c1-4-5-6-7-14(3)12-18-19(16,17)15-10-8-13(2)9-11-15/h5,7-11,14H,4,12H2,1-3H3. The number of benzene rings is 1. The highest BCUT2D eigenvalue weighted by atomic mass is 32.2. The van der Waals surface area contributed by atoms with E-state index in [9.17, 15) is 8.42 Å². The van der Waals surface area contributed by atoms with E-state index in [-0.39, 0.29) is 17.4 Å². The Morgan fingerprint density at radius 2 is 1.95 bits per heavy atom. The Labute approximate surface area is 115 Å². The van der Waals surface area contributed by atoms with E-state index in [4.69, 9.17) is 4.18 Å². The summed E-state index contributed by atoms with van der Waals surface area (Å²) in [4.78, 5) is 0.193. The van der Waals surface area contributed by atoms with Gasteiger partial charge >= 0.3 is 0 Å². The van der Waals surface area contributed by atoms with Gasteiger partial charge in [0.05, 0.1) is 11.5 Å². The van der Waals surface area contributed by atoms with Crippen molar-refractivity contribution in [1.29, 1.82) is 0 Å². The Bertz CT molecular complexity index is 550. The molecule has 1 atom stereocenters. The van der Waals surface area contributed by atoms with Crippen LogP contribution in [0.1, 0.15) is 25.8 Å². The molecule has 0 heterocycles. The maximum Gasteiger partial charge on any atom is 0.296 e. The molecule has 0 aliphatic heterocycles. The summed E-state index contributed by atoms with van der Waals surface area (Å²) >= 11 is 0. The van der Waals surface area contributed by atoms with Crippen LogP contribution in [0.15, 0.2) is 47.0 Å². The largest absolute Gasteiger partial charge is 0.296 e. The molecule has 0 spiro atoms. The molecule has 3 nitrogen and oxygen atoms in total. The lowest BCUT2D eigenvalue weighted by Crippen LogP contribution is -2.11. The first-order valence-corrected chi connectivity index (χ1v) is 7.73. The van der Waals surface area contributed by atoms with Crippen molar-refractivity contribution in [3.63, 3.8) is 0 Å². The van der Waals surface area contributed by atoms with Crippen LogP contribution >= 0.6 is 0 Å². The van der Waals surface area contributed by atoms with Crippen LogP contribution in [0.25, 0.3) is 0 Å². The minimum Gasteiger partial charge on any atom is -0.266 e. The fourth-order valence-electron chi connectivity index (χ4n) is 1.37. The third-order valence-corrected chi connectivity index (χ3v) is 3.79. The minimum absolute atomic E-state index is 0.00280. The molecule has 0 bridgehead atoms. The second-order valence-electron chi connectivity index (χ2n) is 4.47. The first-order valence-electron chi connectivity index (χ1n) is 6.33. The number of hydrogen-bond donors (Lipinski definition) is 0. The second kappa shape index (κ2) is 7.29. The zero-order valence-electron chi connectivity index (χ0n) is 11.6. The van der Waals surface area contributed by atoms with E-state index in [0.717, 1.165) is 12.0 Å². The number of rotatable bonds is 6. The minimum atomic E-state index is -3.66. The highest BCUT2D eigenvalue weighted by Crippen LogP contribution is 2.14. The van der Waals surface area contributed by atoms with Crippen LogP contribution < -0.4 is 0 Å². The molecule has 19 heavy (non-hydrogen) atoms. The van der Waals surface area contributed by atoms with Crippen molar-refractivity contribution >= 4 is 10.1 Å². The summed E-state index contributed by atoms with van der Waals surface area (Å²) in [7, 11) is -3.66. The lowest BCUT2D eigenvalue weighted by Gasteiger charge is -2.08. The van der Waals surface area contributed by atoms with Crippen LogP contribution in [0.4, 0.5) is 0 Å². The van der Waals surface area contributed by atoms with Gasteiger partial charge in [-0.1, -0.05) is 31.5 Å². The van der Waals surface area contributed by atoms with Gasteiger partial charge in [-0.05, 0) is 37.6 Å². The van der Waals surface area contributed by atoms with Crippen LogP contribution in [-0.2, 0) is 14.3 Å². The van der Waals surface area contributed by atoms with Crippen molar-refractivity contribution in [3.05, 3.63) is 47.7 Å². The fraction of sp³-hybridized carbons (Fsp3) is 0.400. The maximum atomic E-state index is 11.9. The lowest BCUT2D eigenvalue weighted by molar-refractivity contribution is 0.288. The fourth-order valence-corrected chi connectivity index (χ4v) is 2.37. The van der Waals surface area contributed by atoms with Crippen molar-refractivity contribution in [2.45, 2.75) is 32.1 Å². The molecule has 1 aromatic carbocycles. The van der Waals surface area contributed by atoms with Gasteiger partial charge in [-0.3, -0.25) is 4.18 Å². The number of aryl methyl sites for hydroxylation is 1. The van der Waals surface area contributed by atoms with Gasteiger partial charge < -0.3 is 0 Å². The smallest absolute Gasteiger partial charge is 0.266 e. The third-order valence-electron chi connectivity index (χ3n) is 2.50. The van der Waals surface area contributed by atoms with Gasteiger partial charge in [-0.25, -0.2) is 0 Å². The molecule has 0 radical (unpaired) electrons. The SMILES string of the molecule is CCC=C=CC(C)COS(=O)(=O)c1ccc(C)cc1. The molecule has 0 saturated heterocycles. The number of hydrogen-bond acceptors (Lipinski definition) is 3. The molecule has 4 heteroatoms. The molecular weight excluding hydrogens is 260 g/mol. The van der Waals surface area contributed by atoms with Gasteiger partial charge in [0, 0.05) is 5.92 Å². The summed E-state index contributed by atoms with van der Waals surface area (Å²) in [6, 6.07) is 6.62. The zero-order chi connectivity index (χ0) is 14.3. The van der Waals surface area contributed by atoms with Gasteiger partial charge in [-0.15, -0.1) is 5.73 Å². The van der Waals surface area contributed by atoms with Gasteiger partial charge in [0.25, 0.3) is 10.1 Å². The van der Waals surface area contributed by atoms with Crippen LogP contribution in [0.2, 0.25) is 0 Å². The first kappa shape index (κ1) is 15.7. The van der Waals surface area contributed by atoms with E-state index < -0.39 is 10.1 Å². The third kappa shape index (κ3) is 5.43. The van der Waals surface area contributed by atoms with E-state index in [1.54, 1.807) is 24.3 Å². The molecule has 0 aliphatic carbocycles. The monoisotopic (exact) mass is 280 g/mol. The van der Waals surface area contributed by atoms with Gasteiger partial charge in [0.15, 0.2) is 0 Å². The molecule has 104 valence electrons. The normalized spacial score (nSPS) is 12.6. The molecule has 0 aliphatic rings. The topological polar surface area (TPSA) is 43.4 Å². The van der Waals surface area contributed by atoms with Crippen molar-refractivity contribution in [1.82, 2.24) is 0 Å². The molecule has 0 saturated carbocycles. The average Bonchev–Trinajstić information content (AvgIpc) is 2.37. The van der Waals surface area contributed by atoms with Gasteiger partial charge in [0.2, 0.25) is 0 Å². The lowest BCUT2D eigenvalue weighted by atomic mass is 10.2. The Morgan fingerprint density at radius 1 is 1.32 bits per heavy atom. The Balaban J connectivity index is 2.66. The van der Waals surface area contributed by atoms with Crippen LogP contribution in [-0.4, -0.2) is 15.0 Å². The van der Waals surface area contributed by atoms with E-state index in [1.807, 2.05) is 32.9 Å². The average molecular weight is 280 g/mol. The second-order valence-corrected chi connectivity index (χ2v) is 6.09. The molecular formula is C15H20O3S. The zero-order valence-corrected chi connectivity index (χ0v) is 12.4. The molecule has 0 amide bonds. The summed E-state index contributed by atoms with van der Waals surface area (Å²) in [5.74, 6) is 0.00280. The first-order chi connectivity index (χ1) is 8.95. The summed E-state index contributed by atoms with van der Waals surface area (Å²) < 4.78 is 28.9. The van der Waals surface area contributed by atoms with Crippen LogP contribution in [0.5, 0.6) is 0 Å². The predicted molar refractivity (Wildman–Crippen MR) is 76.4 cm³/mol. The van der Waals surface area contributed by atoms with E-state index in [0.29, 0.717) is 0 Å². The molecule has 1 unspecified atom stereocenters. The summed E-state index contributed by atoms with van der Waals surface area (Å²) in [6.07, 6.45) is 4.62. The Hall–Kier alpha value is -1.35. The molecule has 0 aromatic heterocycles. The van der Waals surface area contributed by atoms with Gasteiger partial charge in [-0.2, -0.15) is 8.42 Å². The quantitative estimate of drug-likeness (QED) is 0.592. The molecule has 1 aromatic rings. The van der Waals surface area contributed by atoms with E-state index in [2.05, 4.69) is 5.73 Å². The highest BCUT2D eigenvalue weighted by molar-refractivity contribution is 7.86. The van der Waals surface area contributed by atoms with Crippen LogP contribution in [0.3, 0.4) is 0 Å². The van der Waals surface area contributed by atoms with Crippen molar-refractivity contribution < 1.29 is 12.6 Å². The molecule has 1 rings (SSSR count). The predicted octanol–water partition coefficient (Wildman–Crippen LogP) is 3.46.